The van der Waals surface area contributed by atoms with Crippen molar-refractivity contribution >= 4 is 5.91 Å². The highest BCUT2D eigenvalue weighted by Crippen LogP contribution is 2.42. The Morgan fingerprint density at radius 1 is 1.15 bits per heavy atom. The molecular weight excluding hydrogens is 418 g/mol. The fourth-order valence-corrected chi connectivity index (χ4v) is 5.04. The van der Waals surface area contributed by atoms with E-state index >= 15 is 0 Å². The molecule has 33 heavy (non-hydrogen) atoms. The number of benzene rings is 1. The van der Waals surface area contributed by atoms with Crippen molar-refractivity contribution in [1.29, 1.82) is 0 Å². The van der Waals surface area contributed by atoms with Gasteiger partial charge in [-0.15, -0.1) is 0 Å². The molecule has 0 aliphatic carbocycles. The second-order valence-corrected chi connectivity index (χ2v) is 8.84. The van der Waals surface area contributed by atoms with Gasteiger partial charge in [0.05, 0.1) is 19.9 Å². The molecule has 3 aromatic rings. The molecule has 0 N–H and O–H groups in total. The molecule has 8 heteroatoms. The van der Waals surface area contributed by atoms with Crippen molar-refractivity contribution in [2.24, 2.45) is 7.05 Å². The molecule has 172 valence electrons. The highest BCUT2D eigenvalue weighted by atomic mass is 16.5. The summed E-state index contributed by atoms with van der Waals surface area (Å²) in [5.74, 6) is 0.767. The van der Waals surface area contributed by atoms with Crippen molar-refractivity contribution < 1.29 is 14.3 Å². The van der Waals surface area contributed by atoms with Crippen LogP contribution in [0.4, 0.5) is 0 Å². The first-order valence-corrected chi connectivity index (χ1v) is 11.2. The van der Waals surface area contributed by atoms with Gasteiger partial charge in [0.15, 0.2) is 5.60 Å². The van der Waals surface area contributed by atoms with E-state index in [9.17, 15) is 4.79 Å². The molecule has 2 aromatic heterocycles. The van der Waals surface area contributed by atoms with Crippen molar-refractivity contribution in [2.75, 3.05) is 33.4 Å². The number of likely N-dealkylation sites (tertiary alicyclic amines) is 1. The summed E-state index contributed by atoms with van der Waals surface area (Å²) in [6, 6.07) is 11.9. The van der Waals surface area contributed by atoms with Crippen LogP contribution in [0.1, 0.15) is 22.6 Å². The smallest absolute Gasteiger partial charge is 0.257 e. The SMILES string of the molecule is COc1ccc(CN2CCO[C@@]3(CN(Cc4cnn(C)c4)C[C@H]3c3cccnc3)C2=O)cc1. The zero-order chi connectivity index (χ0) is 22.8. The lowest BCUT2D eigenvalue weighted by Crippen LogP contribution is -2.59. The van der Waals surface area contributed by atoms with Gasteiger partial charge in [0.2, 0.25) is 0 Å². The van der Waals surface area contributed by atoms with Crippen LogP contribution in [0.3, 0.4) is 0 Å². The monoisotopic (exact) mass is 447 g/mol. The third-order valence-corrected chi connectivity index (χ3v) is 6.62. The highest BCUT2D eigenvalue weighted by molar-refractivity contribution is 5.88. The third kappa shape index (κ3) is 4.24. The van der Waals surface area contributed by atoms with E-state index in [0.717, 1.165) is 35.5 Å². The average molecular weight is 448 g/mol. The second-order valence-electron chi connectivity index (χ2n) is 8.84. The molecule has 8 nitrogen and oxygen atoms in total. The van der Waals surface area contributed by atoms with Crippen molar-refractivity contribution in [3.05, 3.63) is 77.9 Å². The first kappa shape index (κ1) is 21.6. The van der Waals surface area contributed by atoms with Crippen LogP contribution in [-0.4, -0.2) is 69.4 Å². The van der Waals surface area contributed by atoms with Gasteiger partial charge in [0.1, 0.15) is 5.75 Å². The summed E-state index contributed by atoms with van der Waals surface area (Å²) in [7, 11) is 3.57. The van der Waals surface area contributed by atoms with E-state index in [0.29, 0.717) is 26.2 Å². The Kier molecular flexibility index (Phi) is 5.86. The summed E-state index contributed by atoms with van der Waals surface area (Å²) < 4.78 is 13.4. The Hall–Kier alpha value is -3.23. The summed E-state index contributed by atoms with van der Waals surface area (Å²) in [5, 5.41) is 4.29. The van der Waals surface area contributed by atoms with Crippen molar-refractivity contribution in [3.63, 3.8) is 0 Å². The predicted octanol–water partition coefficient (Wildman–Crippen LogP) is 2.22. The van der Waals surface area contributed by atoms with Gasteiger partial charge in [-0.2, -0.15) is 5.10 Å². The number of aryl methyl sites for hydroxylation is 1. The largest absolute Gasteiger partial charge is 0.497 e. The molecule has 2 fully saturated rings. The lowest BCUT2D eigenvalue weighted by atomic mass is 9.83. The molecule has 2 saturated heterocycles. The Morgan fingerprint density at radius 2 is 2.00 bits per heavy atom. The minimum atomic E-state index is -0.921. The van der Waals surface area contributed by atoms with Crippen LogP contribution in [0.15, 0.2) is 61.2 Å². The maximum Gasteiger partial charge on any atom is 0.257 e. The molecule has 1 spiro atoms. The fraction of sp³-hybridized carbons (Fsp3) is 0.400. The summed E-state index contributed by atoms with van der Waals surface area (Å²) in [5.41, 5.74) is 2.31. The quantitative estimate of drug-likeness (QED) is 0.577. The van der Waals surface area contributed by atoms with Crippen LogP contribution < -0.4 is 4.74 Å². The minimum absolute atomic E-state index is 0.0482. The average Bonchev–Trinajstić information content (AvgIpc) is 3.41. The van der Waals surface area contributed by atoms with Crippen molar-refractivity contribution in [1.82, 2.24) is 24.6 Å². The summed E-state index contributed by atoms with van der Waals surface area (Å²) >= 11 is 0. The number of carbonyl (C=O) groups excluding carboxylic acids is 1. The van der Waals surface area contributed by atoms with Gasteiger partial charge < -0.3 is 14.4 Å². The number of hydrogen-bond acceptors (Lipinski definition) is 6. The van der Waals surface area contributed by atoms with Crippen LogP contribution in [0.2, 0.25) is 0 Å². The predicted molar refractivity (Wildman–Crippen MR) is 123 cm³/mol. The van der Waals surface area contributed by atoms with E-state index in [4.69, 9.17) is 9.47 Å². The van der Waals surface area contributed by atoms with Gasteiger partial charge in [-0.1, -0.05) is 18.2 Å². The Morgan fingerprint density at radius 3 is 2.70 bits per heavy atom. The molecule has 2 aliphatic rings. The third-order valence-electron chi connectivity index (χ3n) is 6.62. The van der Waals surface area contributed by atoms with Crippen molar-refractivity contribution in [2.45, 2.75) is 24.6 Å². The maximum absolute atomic E-state index is 14.0. The Balaban J connectivity index is 1.42. The molecule has 0 saturated carbocycles. The van der Waals surface area contributed by atoms with E-state index in [1.165, 1.54) is 0 Å². The van der Waals surface area contributed by atoms with Crippen LogP contribution in [0.25, 0.3) is 0 Å². The summed E-state index contributed by atoms with van der Waals surface area (Å²) in [6.45, 7) is 3.63. The number of rotatable bonds is 6. The van der Waals surface area contributed by atoms with E-state index in [2.05, 4.69) is 15.0 Å². The lowest BCUT2D eigenvalue weighted by molar-refractivity contribution is -0.173. The number of nitrogens with zero attached hydrogens (tertiary/aromatic N) is 5. The van der Waals surface area contributed by atoms with Crippen LogP contribution >= 0.6 is 0 Å². The summed E-state index contributed by atoms with van der Waals surface area (Å²) in [6.07, 6.45) is 7.52. The first-order valence-electron chi connectivity index (χ1n) is 11.2. The number of amides is 1. The van der Waals surface area contributed by atoms with Crippen LogP contribution in [-0.2, 0) is 29.7 Å². The van der Waals surface area contributed by atoms with Gasteiger partial charge in [-0.25, -0.2) is 0 Å². The highest BCUT2D eigenvalue weighted by Gasteiger charge is 2.57. The Labute approximate surface area is 193 Å². The second kappa shape index (κ2) is 8.96. The zero-order valence-corrected chi connectivity index (χ0v) is 19.1. The molecule has 0 unspecified atom stereocenters. The zero-order valence-electron chi connectivity index (χ0n) is 19.1. The standard InChI is InChI=1S/C25H29N5O3/c1-28-14-20(12-27-28)15-29-17-23(21-4-3-9-26-13-21)25(18-29)24(31)30(10-11-33-25)16-19-5-7-22(32-2)8-6-19/h3-9,12-14,23H,10-11,15-18H2,1-2H3/t23-,25+/m0/s1. The number of carbonyl (C=O) groups is 1. The molecule has 1 amide bonds. The van der Waals surface area contributed by atoms with Gasteiger partial charge >= 0.3 is 0 Å². The number of ether oxygens (including phenoxy) is 2. The molecule has 4 heterocycles. The minimum Gasteiger partial charge on any atom is -0.497 e. The van der Waals surface area contributed by atoms with E-state index < -0.39 is 5.60 Å². The topological polar surface area (TPSA) is 72.7 Å². The summed E-state index contributed by atoms with van der Waals surface area (Å²) in [4.78, 5) is 22.5. The molecule has 2 aliphatic heterocycles. The lowest BCUT2D eigenvalue weighted by Gasteiger charge is -2.42. The number of hydrogen-bond donors (Lipinski definition) is 0. The molecular formula is C25H29N5O3. The fourth-order valence-electron chi connectivity index (χ4n) is 5.04. The molecule has 1 aromatic carbocycles. The number of methoxy groups -OCH3 is 1. The molecule has 0 bridgehead atoms. The first-order chi connectivity index (χ1) is 16.1. The number of morpholine rings is 1. The normalized spacial score (nSPS) is 23.4. The van der Waals surface area contributed by atoms with Crippen LogP contribution in [0.5, 0.6) is 5.75 Å². The van der Waals surface area contributed by atoms with Crippen molar-refractivity contribution in [3.8, 4) is 5.75 Å². The Bertz CT molecular complexity index is 1100. The van der Waals surface area contributed by atoms with Gasteiger partial charge in [-0.3, -0.25) is 19.4 Å². The maximum atomic E-state index is 14.0. The van der Waals surface area contributed by atoms with E-state index in [1.54, 1.807) is 18.0 Å². The number of aromatic nitrogens is 3. The molecule has 0 radical (unpaired) electrons. The van der Waals surface area contributed by atoms with Gasteiger partial charge in [0.25, 0.3) is 5.91 Å². The molecule has 2 atom stereocenters. The van der Waals surface area contributed by atoms with Gasteiger partial charge in [-0.05, 0) is 29.3 Å². The van der Waals surface area contributed by atoms with E-state index in [1.807, 2.05) is 66.9 Å². The van der Waals surface area contributed by atoms with E-state index in [-0.39, 0.29) is 11.8 Å². The van der Waals surface area contributed by atoms with Gasteiger partial charge in [0, 0.05) is 69.8 Å². The molecule has 5 rings (SSSR count). The van der Waals surface area contributed by atoms with Crippen LogP contribution in [0, 0.1) is 0 Å². The number of pyridine rings is 1.